The van der Waals surface area contributed by atoms with Gasteiger partial charge in [-0.05, 0) is 66.6 Å². The van der Waals surface area contributed by atoms with Gasteiger partial charge in [0.25, 0.3) is 15.9 Å². The average molecular weight is 601 g/mol. The molecule has 0 radical (unpaired) electrons. The van der Waals surface area contributed by atoms with E-state index in [4.69, 9.17) is 10.5 Å². The van der Waals surface area contributed by atoms with E-state index in [-0.39, 0.29) is 46.8 Å². The molecular formula is C32H36N6O4S. The first-order valence-electron chi connectivity index (χ1n) is 14.0. The first-order chi connectivity index (χ1) is 20.3. The van der Waals surface area contributed by atoms with Crippen molar-refractivity contribution in [1.29, 1.82) is 0 Å². The number of pyridine rings is 1. The van der Waals surface area contributed by atoms with E-state index in [0.717, 1.165) is 22.3 Å². The minimum absolute atomic E-state index is 0.0809. The van der Waals surface area contributed by atoms with Crippen molar-refractivity contribution < 1.29 is 17.9 Å². The highest BCUT2D eigenvalue weighted by Gasteiger charge is 2.31. The first-order valence-corrected chi connectivity index (χ1v) is 15.5. The Morgan fingerprint density at radius 2 is 1.74 bits per heavy atom. The molecule has 10 nitrogen and oxygen atoms in total. The van der Waals surface area contributed by atoms with E-state index in [1.54, 1.807) is 35.4 Å². The maximum absolute atomic E-state index is 14.2. The number of sulfonamides is 1. The van der Waals surface area contributed by atoms with E-state index in [1.807, 2.05) is 38.1 Å². The van der Waals surface area contributed by atoms with Crippen LogP contribution in [0.3, 0.4) is 0 Å². The molecule has 2 aromatic heterocycles. The van der Waals surface area contributed by atoms with E-state index < -0.39 is 16.1 Å². The number of aryl methyl sites for hydroxylation is 2. The summed E-state index contributed by atoms with van der Waals surface area (Å²) in [6, 6.07) is 16.7. The minimum Gasteiger partial charge on any atom is -0.475 e. The van der Waals surface area contributed by atoms with Gasteiger partial charge in [0.2, 0.25) is 11.8 Å². The number of rotatable bonds is 4. The zero-order valence-corrected chi connectivity index (χ0v) is 25.8. The number of hydrogen-bond acceptors (Lipinski definition) is 8. The van der Waals surface area contributed by atoms with Crippen molar-refractivity contribution in [3.05, 3.63) is 89.1 Å². The molecule has 3 N–H and O–H groups in total. The number of carbonyl (C=O) groups excluding carboxylic acids is 1. The number of aromatic nitrogens is 3. The monoisotopic (exact) mass is 600 g/mol. The second kappa shape index (κ2) is 11.6. The maximum Gasteiger partial charge on any atom is 0.264 e. The largest absolute Gasteiger partial charge is 0.475 e. The molecule has 0 saturated carbocycles. The fourth-order valence-corrected chi connectivity index (χ4v) is 6.26. The van der Waals surface area contributed by atoms with Crippen LogP contribution in [0.2, 0.25) is 0 Å². The molecule has 3 heterocycles. The van der Waals surface area contributed by atoms with Crippen LogP contribution >= 0.6 is 0 Å². The molecule has 11 heteroatoms. The number of nitrogens with one attached hydrogen (secondary N) is 1. The molecule has 0 unspecified atom stereocenters. The second-order valence-electron chi connectivity index (χ2n) is 12.1. The van der Waals surface area contributed by atoms with Crippen molar-refractivity contribution in [2.45, 2.75) is 58.5 Å². The van der Waals surface area contributed by atoms with Crippen LogP contribution in [-0.4, -0.2) is 46.8 Å². The number of nitrogens with zero attached hydrogens (tertiary/aromatic N) is 4. The number of fused-ring (bicyclic) bond motifs is 4. The van der Waals surface area contributed by atoms with Crippen LogP contribution in [0.4, 0.5) is 11.8 Å². The number of hydrogen-bond donors (Lipinski definition) is 2. The Morgan fingerprint density at radius 1 is 1.02 bits per heavy atom. The van der Waals surface area contributed by atoms with Crippen molar-refractivity contribution in [2.75, 3.05) is 17.1 Å². The lowest BCUT2D eigenvalue weighted by molar-refractivity contribution is 0.0513. The van der Waals surface area contributed by atoms with E-state index in [1.165, 1.54) is 12.1 Å². The van der Waals surface area contributed by atoms with Crippen molar-refractivity contribution in [1.82, 2.24) is 19.9 Å². The van der Waals surface area contributed by atoms with Crippen LogP contribution in [0.1, 0.15) is 54.2 Å². The SMILES string of the molecule is Cc1cccc(C)c1-c1cc2nc(n1)NS(=O)(=O)c1cccc(c1)C(=O)N(Cc1ccc(N)nc1)[C@H](CC(C)(C)C)CO2. The number of nitrogen functional groups attached to an aromatic ring is 1. The van der Waals surface area contributed by atoms with Gasteiger partial charge < -0.3 is 15.4 Å². The van der Waals surface area contributed by atoms with Gasteiger partial charge in [-0.1, -0.05) is 51.1 Å². The van der Waals surface area contributed by atoms with Gasteiger partial charge in [0.1, 0.15) is 12.4 Å². The number of carbonyl (C=O) groups is 1. The highest BCUT2D eigenvalue weighted by atomic mass is 32.2. The van der Waals surface area contributed by atoms with Crippen molar-refractivity contribution in [3.8, 4) is 17.1 Å². The fourth-order valence-electron chi connectivity index (χ4n) is 5.27. The maximum atomic E-state index is 14.2. The summed E-state index contributed by atoms with van der Waals surface area (Å²) in [5.41, 5.74) is 9.98. The normalized spacial score (nSPS) is 16.7. The summed E-state index contributed by atoms with van der Waals surface area (Å²) >= 11 is 0. The van der Waals surface area contributed by atoms with Crippen LogP contribution < -0.4 is 15.2 Å². The molecule has 4 aromatic rings. The van der Waals surface area contributed by atoms with Crippen LogP contribution in [-0.2, 0) is 16.6 Å². The van der Waals surface area contributed by atoms with E-state index >= 15 is 0 Å². The predicted molar refractivity (Wildman–Crippen MR) is 166 cm³/mol. The summed E-state index contributed by atoms with van der Waals surface area (Å²) in [6.45, 7) is 10.6. The first kappa shape index (κ1) is 30.0. The minimum atomic E-state index is -4.15. The topological polar surface area (TPSA) is 140 Å². The molecule has 224 valence electrons. The molecule has 0 aliphatic carbocycles. The number of ether oxygens (including phenoxy) is 1. The summed E-state index contributed by atoms with van der Waals surface area (Å²) in [5.74, 6) is 0.110. The molecule has 1 aliphatic rings. The lowest BCUT2D eigenvalue weighted by Crippen LogP contribution is -2.45. The van der Waals surface area contributed by atoms with Gasteiger partial charge in [-0.2, -0.15) is 4.98 Å². The predicted octanol–water partition coefficient (Wildman–Crippen LogP) is 5.38. The van der Waals surface area contributed by atoms with Gasteiger partial charge in [0.15, 0.2) is 0 Å². The van der Waals surface area contributed by atoms with Gasteiger partial charge in [0.05, 0.1) is 16.6 Å². The third-order valence-electron chi connectivity index (χ3n) is 7.23. The Balaban J connectivity index is 1.68. The van der Waals surface area contributed by atoms with Crippen LogP contribution in [0.25, 0.3) is 11.3 Å². The number of anilines is 2. The Labute approximate surface area is 252 Å². The number of amides is 1. The summed E-state index contributed by atoms with van der Waals surface area (Å²) in [5, 5.41) is 0. The Hall–Kier alpha value is -4.51. The van der Waals surface area contributed by atoms with Gasteiger partial charge in [-0.15, -0.1) is 0 Å². The molecular weight excluding hydrogens is 564 g/mol. The average Bonchev–Trinajstić information content (AvgIpc) is 2.93. The van der Waals surface area contributed by atoms with Gasteiger partial charge >= 0.3 is 0 Å². The zero-order chi connectivity index (χ0) is 30.9. The molecule has 1 atom stereocenters. The Kier molecular flexibility index (Phi) is 8.11. The van der Waals surface area contributed by atoms with Gasteiger partial charge in [0, 0.05) is 29.9 Å². The molecule has 4 bridgehead atoms. The highest BCUT2D eigenvalue weighted by molar-refractivity contribution is 7.92. The van der Waals surface area contributed by atoms with Crippen LogP contribution in [0, 0.1) is 19.3 Å². The standard InChI is InChI=1S/C32H36N6O4S/c1-20-8-6-9-21(2)29(20)26-15-28-36-31(35-26)37-43(40,41)25-11-7-10-23(14-25)30(39)38(18-22-12-13-27(33)34-17-22)24(19-42-28)16-32(3,4)5/h6-15,17,24H,16,18-19H2,1-5H3,(H2,33,34)(H,35,36,37)/t24-/m1/s1. The molecule has 0 fully saturated rings. The third kappa shape index (κ3) is 6.94. The fraction of sp³-hybridized carbons (Fsp3) is 0.312. The molecule has 2 aromatic carbocycles. The van der Waals surface area contributed by atoms with Gasteiger partial charge in [-0.3, -0.25) is 4.79 Å². The molecule has 0 spiro atoms. The Morgan fingerprint density at radius 3 is 2.42 bits per heavy atom. The molecule has 1 amide bonds. The summed E-state index contributed by atoms with van der Waals surface area (Å²) in [6.07, 6.45) is 2.23. The third-order valence-corrected chi connectivity index (χ3v) is 8.56. The van der Waals surface area contributed by atoms with E-state index in [2.05, 4.69) is 40.4 Å². The lowest BCUT2D eigenvalue weighted by Gasteiger charge is -2.35. The number of nitrogens with two attached hydrogens (primary N) is 1. The smallest absolute Gasteiger partial charge is 0.264 e. The van der Waals surface area contributed by atoms with E-state index in [0.29, 0.717) is 17.9 Å². The molecule has 0 saturated heterocycles. The summed E-state index contributed by atoms with van der Waals surface area (Å²) < 4.78 is 35.9. The molecule has 43 heavy (non-hydrogen) atoms. The summed E-state index contributed by atoms with van der Waals surface area (Å²) in [4.78, 5) is 29.0. The highest BCUT2D eigenvalue weighted by Crippen LogP contribution is 2.31. The molecule has 1 aliphatic heterocycles. The Bertz CT molecular complexity index is 1750. The molecule has 5 rings (SSSR count). The lowest BCUT2D eigenvalue weighted by atomic mass is 9.87. The van der Waals surface area contributed by atoms with Crippen molar-refractivity contribution in [3.63, 3.8) is 0 Å². The number of benzene rings is 2. The van der Waals surface area contributed by atoms with Crippen LogP contribution in [0.15, 0.2) is 71.8 Å². The van der Waals surface area contributed by atoms with Crippen molar-refractivity contribution >= 4 is 27.7 Å². The van der Waals surface area contributed by atoms with Gasteiger partial charge in [-0.25, -0.2) is 23.1 Å². The van der Waals surface area contributed by atoms with Crippen LogP contribution in [0.5, 0.6) is 5.88 Å². The second-order valence-corrected chi connectivity index (χ2v) is 13.8. The quantitative estimate of drug-likeness (QED) is 0.318. The zero-order valence-electron chi connectivity index (χ0n) is 25.0. The van der Waals surface area contributed by atoms with Crippen molar-refractivity contribution in [2.24, 2.45) is 5.41 Å². The van der Waals surface area contributed by atoms with E-state index in [9.17, 15) is 13.2 Å². The summed E-state index contributed by atoms with van der Waals surface area (Å²) in [7, 11) is -4.15.